The Morgan fingerprint density at radius 1 is 0.596 bits per heavy atom. The molecule has 0 fully saturated rings. The van der Waals surface area contributed by atoms with Crippen molar-refractivity contribution < 1.29 is 0 Å². The summed E-state index contributed by atoms with van der Waals surface area (Å²) in [6.07, 6.45) is 9.72. The summed E-state index contributed by atoms with van der Waals surface area (Å²) >= 11 is 0. The van der Waals surface area contributed by atoms with Crippen LogP contribution in [0.2, 0.25) is 0 Å². The molecule has 0 aliphatic heterocycles. The monoisotopic (exact) mass is 733 g/mol. The van der Waals surface area contributed by atoms with E-state index in [2.05, 4.69) is 189 Å². The molecule has 0 saturated heterocycles. The number of aromatic nitrogens is 3. The van der Waals surface area contributed by atoms with Gasteiger partial charge in [-0.15, -0.1) is 0 Å². The Hall–Kier alpha value is -6.58. The van der Waals surface area contributed by atoms with Gasteiger partial charge in [0.1, 0.15) is 0 Å². The summed E-state index contributed by atoms with van der Waals surface area (Å²) in [5.41, 5.74) is 17.1. The minimum Gasteiger partial charge on any atom is -0.309 e. The van der Waals surface area contributed by atoms with Crippen molar-refractivity contribution in [2.24, 2.45) is 5.92 Å². The van der Waals surface area contributed by atoms with E-state index in [-0.39, 0.29) is 11.3 Å². The number of nitrogens with zero attached hydrogens (tertiary/aromatic N) is 3. The molecule has 2 aromatic heterocycles. The first kappa shape index (κ1) is 33.7. The van der Waals surface area contributed by atoms with Crippen LogP contribution in [0.4, 0.5) is 0 Å². The van der Waals surface area contributed by atoms with Gasteiger partial charge in [0.2, 0.25) is 0 Å². The van der Waals surface area contributed by atoms with Gasteiger partial charge in [-0.2, -0.15) is 0 Å². The van der Waals surface area contributed by atoms with Crippen LogP contribution in [-0.4, -0.2) is 14.5 Å². The molecular formula is C54H43N3. The molecule has 0 bridgehead atoms. The lowest BCUT2D eigenvalue weighted by Crippen LogP contribution is -2.35. The van der Waals surface area contributed by atoms with Gasteiger partial charge in [-0.25, -0.2) is 9.97 Å². The Labute approximate surface area is 333 Å². The Balaban J connectivity index is 1.07. The zero-order valence-corrected chi connectivity index (χ0v) is 32.6. The predicted molar refractivity (Wildman–Crippen MR) is 237 cm³/mol. The zero-order valence-electron chi connectivity index (χ0n) is 32.6. The molecule has 1 atom stereocenters. The number of hydrogen-bond acceptors (Lipinski definition) is 2. The molecule has 3 aliphatic rings. The Morgan fingerprint density at radius 3 is 2.00 bits per heavy atom. The zero-order chi connectivity index (χ0) is 38.3. The average molecular weight is 734 g/mol. The van der Waals surface area contributed by atoms with E-state index in [0.717, 1.165) is 47.6 Å². The maximum atomic E-state index is 5.39. The average Bonchev–Trinajstić information content (AvgIpc) is 3.72. The van der Waals surface area contributed by atoms with Crippen molar-refractivity contribution in [1.29, 1.82) is 0 Å². The molecule has 8 aromatic rings. The molecule has 274 valence electrons. The van der Waals surface area contributed by atoms with Gasteiger partial charge >= 0.3 is 0 Å². The first-order valence-corrected chi connectivity index (χ1v) is 20.4. The summed E-state index contributed by atoms with van der Waals surface area (Å²) in [4.78, 5) is 10.7. The van der Waals surface area contributed by atoms with Gasteiger partial charge in [-0.3, -0.25) is 0 Å². The first-order chi connectivity index (χ1) is 27.9. The number of rotatable bonds is 5. The van der Waals surface area contributed by atoms with E-state index < -0.39 is 0 Å². The summed E-state index contributed by atoms with van der Waals surface area (Å²) in [5, 5.41) is 5.10. The lowest BCUT2D eigenvalue weighted by molar-refractivity contribution is 0.660. The first-order valence-electron chi connectivity index (χ1n) is 20.4. The number of para-hydroxylation sites is 2. The molecule has 0 radical (unpaired) electrons. The van der Waals surface area contributed by atoms with Crippen LogP contribution < -0.4 is 10.4 Å². The van der Waals surface area contributed by atoms with E-state index in [1.165, 1.54) is 76.9 Å². The topological polar surface area (TPSA) is 30.7 Å². The third-order valence-corrected chi connectivity index (χ3v) is 12.7. The smallest absolute Gasteiger partial charge is 0.160 e. The Kier molecular flexibility index (Phi) is 7.69. The molecule has 3 aliphatic carbocycles. The standard InChI is InChI=1S/C54H43N3/c1-34-31-44(35-25-28-38(29-26-35)57-50-23-13-10-19-41(50)42-20-11-14-24-51(42)57)39-17-7-8-21-43(39)52(34)49-33-48(55-53(56-49)36-15-5-4-6-16-36)37-27-30-47-45(32-37)40-18-9-12-22-46(40)54(47,2)3/h5,7-30,32-34H,4,6,31H2,1-3H3. The second kappa shape index (κ2) is 13.0. The summed E-state index contributed by atoms with van der Waals surface area (Å²) in [5.74, 6) is 1.04. The summed E-state index contributed by atoms with van der Waals surface area (Å²) in [6.45, 7) is 7.04. The highest BCUT2D eigenvalue weighted by Crippen LogP contribution is 2.49. The lowest BCUT2D eigenvalue weighted by Gasteiger charge is -2.24. The summed E-state index contributed by atoms with van der Waals surface area (Å²) < 4.78 is 2.39. The van der Waals surface area contributed by atoms with Crippen molar-refractivity contribution in [3.63, 3.8) is 0 Å². The van der Waals surface area contributed by atoms with Gasteiger partial charge in [0.05, 0.1) is 22.4 Å². The van der Waals surface area contributed by atoms with Crippen LogP contribution >= 0.6 is 0 Å². The van der Waals surface area contributed by atoms with Gasteiger partial charge in [0, 0.05) is 33.0 Å². The van der Waals surface area contributed by atoms with Gasteiger partial charge < -0.3 is 4.57 Å². The van der Waals surface area contributed by atoms with E-state index in [0.29, 0.717) is 0 Å². The second-order valence-electron chi connectivity index (χ2n) is 16.5. The van der Waals surface area contributed by atoms with Crippen molar-refractivity contribution in [3.05, 3.63) is 202 Å². The maximum absolute atomic E-state index is 5.39. The molecule has 2 heterocycles. The van der Waals surface area contributed by atoms with Crippen molar-refractivity contribution in [1.82, 2.24) is 14.5 Å². The number of fused-ring (bicyclic) bond motifs is 7. The fourth-order valence-electron chi connectivity index (χ4n) is 9.96. The fraction of sp³-hybridized carbons (Fsp3) is 0.148. The molecular weight excluding hydrogens is 691 g/mol. The molecule has 1 unspecified atom stereocenters. The number of hydrogen-bond donors (Lipinski definition) is 0. The highest BCUT2D eigenvalue weighted by Gasteiger charge is 2.35. The van der Waals surface area contributed by atoms with Crippen LogP contribution in [0.1, 0.15) is 68.2 Å². The van der Waals surface area contributed by atoms with Gasteiger partial charge in [0.15, 0.2) is 5.82 Å². The molecule has 57 heavy (non-hydrogen) atoms. The second-order valence-corrected chi connectivity index (χ2v) is 16.5. The Bertz CT molecular complexity index is 3080. The molecule has 3 heteroatoms. The Morgan fingerprint density at radius 2 is 1.25 bits per heavy atom. The van der Waals surface area contributed by atoms with Gasteiger partial charge in [-0.1, -0.05) is 148 Å². The molecule has 0 saturated carbocycles. The maximum Gasteiger partial charge on any atom is 0.160 e. The summed E-state index contributed by atoms with van der Waals surface area (Å²) in [6, 6.07) is 53.7. The highest BCUT2D eigenvalue weighted by molar-refractivity contribution is 6.09. The van der Waals surface area contributed by atoms with E-state index in [1.807, 2.05) is 0 Å². The molecule has 3 nitrogen and oxygen atoms in total. The quantitative estimate of drug-likeness (QED) is 0.176. The minimum atomic E-state index is -0.0409. The van der Waals surface area contributed by atoms with Gasteiger partial charge in [0.25, 0.3) is 0 Å². The molecule has 11 rings (SSSR count). The van der Waals surface area contributed by atoms with Gasteiger partial charge in [-0.05, 0) is 111 Å². The number of allylic oxidation sites excluding steroid dienone is 4. The third kappa shape index (κ3) is 5.33. The van der Waals surface area contributed by atoms with Crippen LogP contribution in [0, 0.1) is 5.92 Å². The molecule has 0 amide bonds. The largest absolute Gasteiger partial charge is 0.309 e. The van der Waals surface area contributed by atoms with E-state index in [4.69, 9.17) is 9.97 Å². The van der Waals surface area contributed by atoms with Crippen molar-refractivity contribution >= 4 is 38.5 Å². The minimum absolute atomic E-state index is 0.0409. The van der Waals surface area contributed by atoms with Crippen molar-refractivity contribution in [2.75, 3.05) is 0 Å². The molecule has 0 N–H and O–H groups in total. The van der Waals surface area contributed by atoms with Crippen LogP contribution in [0.5, 0.6) is 0 Å². The van der Waals surface area contributed by atoms with E-state index >= 15 is 0 Å². The van der Waals surface area contributed by atoms with Crippen LogP contribution in [0.15, 0.2) is 164 Å². The van der Waals surface area contributed by atoms with E-state index in [9.17, 15) is 0 Å². The van der Waals surface area contributed by atoms with Crippen LogP contribution in [0.3, 0.4) is 0 Å². The number of benzene rings is 6. The summed E-state index contributed by atoms with van der Waals surface area (Å²) in [7, 11) is 0. The predicted octanol–water partition coefficient (Wildman–Crippen LogP) is 11.7. The molecule has 6 aromatic carbocycles. The van der Waals surface area contributed by atoms with Crippen molar-refractivity contribution in [3.8, 4) is 28.1 Å². The lowest BCUT2D eigenvalue weighted by atomic mass is 9.81. The SMILES string of the molecule is CC1CC(c2ccc(-n3c4ccccc4c4ccccc43)cc2)=c2ccccc2=C1c1cc(-c2ccc3c(c2)-c2ccccc2C3(C)C)nc(C2=CCCC=C2)n1. The van der Waals surface area contributed by atoms with Crippen LogP contribution in [-0.2, 0) is 5.41 Å². The van der Waals surface area contributed by atoms with Crippen molar-refractivity contribution in [2.45, 2.75) is 45.4 Å². The normalized spacial score (nSPS) is 16.8. The third-order valence-electron chi connectivity index (χ3n) is 12.7. The highest BCUT2D eigenvalue weighted by atomic mass is 15.0. The van der Waals surface area contributed by atoms with E-state index in [1.54, 1.807) is 0 Å². The molecule has 0 spiro atoms. The fourth-order valence-corrected chi connectivity index (χ4v) is 9.96. The van der Waals surface area contributed by atoms with Crippen LogP contribution in [0.25, 0.3) is 66.6 Å².